The molecule has 17 heavy (non-hydrogen) atoms. The molecular formula is C11H19NO5. The minimum atomic E-state index is -1.47. The van der Waals surface area contributed by atoms with Crippen LogP contribution in [0.1, 0.15) is 34.6 Å². The molecule has 0 spiro atoms. The van der Waals surface area contributed by atoms with Crippen molar-refractivity contribution in [3.63, 3.8) is 0 Å². The van der Waals surface area contributed by atoms with Gasteiger partial charge in [0.2, 0.25) is 0 Å². The van der Waals surface area contributed by atoms with E-state index in [1.54, 1.807) is 27.7 Å². The van der Waals surface area contributed by atoms with Crippen LogP contribution in [0, 0.1) is 5.92 Å². The number of nitrogens with one attached hydrogen (secondary N) is 1. The average molecular weight is 245 g/mol. The Bertz CT molecular complexity index is 305. The minimum Gasteiger partial charge on any atom is -0.465 e. The van der Waals surface area contributed by atoms with Crippen LogP contribution in [0.3, 0.4) is 0 Å². The molecule has 0 fully saturated rings. The largest absolute Gasteiger partial charge is 0.465 e. The van der Waals surface area contributed by atoms with Crippen LogP contribution < -0.4 is 5.48 Å². The Hall–Kier alpha value is -1.43. The maximum absolute atomic E-state index is 11.6. The van der Waals surface area contributed by atoms with Gasteiger partial charge in [-0.05, 0) is 34.6 Å². The highest BCUT2D eigenvalue weighted by Gasteiger charge is 2.33. The number of ketones is 1. The number of hydrogen-bond acceptors (Lipinski definition) is 5. The van der Waals surface area contributed by atoms with E-state index in [0.717, 1.165) is 6.92 Å². The lowest BCUT2D eigenvalue weighted by molar-refractivity contribution is -0.163. The number of esters is 1. The normalized spacial score (nSPS) is 12.8. The van der Waals surface area contributed by atoms with Crippen LogP contribution >= 0.6 is 0 Å². The molecule has 0 aromatic heterocycles. The molecule has 0 aliphatic rings. The lowest BCUT2D eigenvalue weighted by Gasteiger charge is -2.20. The quantitative estimate of drug-likeness (QED) is 0.436. The lowest BCUT2D eigenvalue weighted by Crippen LogP contribution is -2.43. The molecule has 0 aromatic rings. The molecule has 0 aliphatic heterocycles. The summed E-state index contributed by atoms with van der Waals surface area (Å²) >= 11 is 0. The van der Waals surface area contributed by atoms with E-state index in [2.05, 4.69) is 10.2 Å². The van der Waals surface area contributed by atoms with Gasteiger partial charge in [-0.15, -0.1) is 0 Å². The van der Waals surface area contributed by atoms with Crippen LogP contribution in [0.2, 0.25) is 0 Å². The fraction of sp³-hybridized carbons (Fsp3) is 0.727. The summed E-state index contributed by atoms with van der Waals surface area (Å²) in [5.74, 6) is -3.74. The minimum absolute atomic E-state index is 0.107. The molecule has 0 aliphatic carbocycles. The van der Waals surface area contributed by atoms with Crippen molar-refractivity contribution >= 4 is 17.7 Å². The predicted molar refractivity (Wildman–Crippen MR) is 59.8 cm³/mol. The van der Waals surface area contributed by atoms with Gasteiger partial charge in [-0.2, -0.15) is 0 Å². The highest BCUT2D eigenvalue weighted by molar-refractivity contribution is 6.15. The van der Waals surface area contributed by atoms with E-state index < -0.39 is 29.2 Å². The molecule has 1 amide bonds. The summed E-state index contributed by atoms with van der Waals surface area (Å²) in [6, 6.07) is 0. The van der Waals surface area contributed by atoms with E-state index in [4.69, 9.17) is 4.84 Å². The summed E-state index contributed by atoms with van der Waals surface area (Å²) in [5, 5.41) is 0. The smallest absolute Gasteiger partial charge is 0.326 e. The number of carbonyl (C=O) groups is 3. The van der Waals surface area contributed by atoms with Gasteiger partial charge in [0.05, 0.1) is 12.2 Å². The molecule has 0 rings (SSSR count). The van der Waals surface area contributed by atoms with Gasteiger partial charge in [0.25, 0.3) is 5.91 Å². The van der Waals surface area contributed by atoms with Crippen molar-refractivity contribution in [3.8, 4) is 0 Å². The van der Waals surface area contributed by atoms with Crippen molar-refractivity contribution in [2.45, 2.75) is 40.2 Å². The van der Waals surface area contributed by atoms with Gasteiger partial charge in [0.15, 0.2) is 11.7 Å². The molecule has 1 atom stereocenters. The Morgan fingerprint density at radius 2 is 1.76 bits per heavy atom. The molecule has 6 nitrogen and oxygen atoms in total. The number of hydroxylamine groups is 1. The van der Waals surface area contributed by atoms with Crippen LogP contribution in [-0.2, 0) is 24.0 Å². The van der Waals surface area contributed by atoms with Crippen LogP contribution in [0.15, 0.2) is 0 Å². The topological polar surface area (TPSA) is 81.7 Å². The van der Waals surface area contributed by atoms with Gasteiger partial charge in [-0.3, -0.25) is 19.2 Å². The monoisotopic (exact) mass is 245 g/mol. The zero-order chi connectivity index (χ0) is 13.6. The maximum Gasteiger partial charge on any atom is 0.326 e. The Labute approximate surface area is 101 Å². The lowest BCUT2D eigenvalue weighted by atomic mass is 10.1. The first-order chi connectivity index (χ1) is 7.69. The highest BCUT2D eigenvalue weighted by atomic mass is 16.7. The Morgan fingerprint density at radius 1 is 1.24 bits per heavy atom. The summed E-state index contributed by atoms with van der Waals surface area (Å²) in [7, 11) is 0. The maximum atomic E-state index is 11.6. The van der Waals surface area contributed by atoms with Gasteiger partial charge in [0.1, 0.15) is 0 Å². The van der Waals surface area contributed by atoms with Crippen LogP contribution in [-0.4, -0.2) is 29.9 Å². The summed E-state index contributed by atoms with van der Waals surface area (Å²) < 4.78 is 4.64. The van der Waals surface area contributed by atoms with Crippen molar-refractivity contribution < 1.29 is 24.0 Å². The fourth-order valence-corrected chi connectivity index (χ4v) is 0.946. The molecule has 1 unspecified atom stereocenters. The van der Waals surface area contributed by atoms with Crippen molar-refractivity contribution in [1.29, 1.82) is 0 Å². The Balaban J connectivity index is 4.57. The van der Waals surface area contributed by atoms with Crippen LogP contribution in [0.4, 0.5) is 0 Å². The zero-order valence-electron chi connectivity index (χ0n) is 10.8. The van der Waals surface area contributed by atoms with Crippen molar-refractivity contribution in [2.75, 3.05) is 6.61 Å². The Morgan fingerprint density at radius 3 is 2.12 bits per heavy atom. The first-order valence-electron chi connectivity index (χ1n) is 5.34. The molecule has 98 valence electrons. The number of Topliss-reactive ketones (excluding diaryl/α,β-unsaturated/α-hetero) is 1. The molecule has 6 heteroatoms. The van der Waals surface area contributed by atoms with Crippen molar-refractivity contribution in [3.05, 3.63) is 0 Å². The molecule has 0 radical (unpaired) electrons. The van der Waals surface area contributed by atoms with E-state index >= 15 is 0 Å². The van der Waals surface area contributed by atoms with Gasteiger partial charge in [-0.1, -0.05) is 0 Å². The third kappa shape index (κ3) is 6.01. The van der Waals surface area contributed by atoms with E-state index in [0.29, 0.717) is 0 Å². The molecule has 0 heterocycles. The van der Waals surface area contributed by atoms with Gasteiger partial charge < -0.3 is 4.74 Å². The average Bonchev–Trinajstić information content (AvgIpc) is 2.13. The summed E-state index contributed by atoms with van der Waals surface area (Å²) in [5.41, 5.74) is 1.48. The Kier molecular flexibility index (Phi) is 5.81. The number of carbonyl (C=O) groups excluding carboxylic acids is 3. The van der Waals surface area contributed by atoms with Crippen LogP contribution in [0.5, 0.6) is 0 Å². The number of hydrogen-bond donors (Lipinski definition) is 1. The fourth-order valence-electron chi connectivity index (χ4n) is 0.946. The van der Waals surface area contributed by atoms with Crippen molar-refractivity contribution in [1.82, 2.24) is 5.48 Å². The predicted octanol–water partition coefficient (Wildman–Crippen LogP) is 0.601. The second-order valence-electron chi connectivity index (χ2n) is 4.48. The number of rotatable bonds is 5. The highest BCUT2D eigenvalue weighted by Crippen LogP contribution is 2.07. The third-order valence-electron chi connectivity index (χ3n) is 1.65. The molecule has 0 saturated carbocycles. The first kappa shape index (κ1) is 15.6. The number of ether oxygens (including phenoxy) is 1. The molecular weight excluding hydrogens is 226 g/mol. The molecule has 0 aromatic carbocycles. The van der Waals surface area contributed by atoms with E-state index in [1.165, 1.54) is 0 Å². The molecule has 1 N–H and O–H groups in total. The zero-order valence-corrected chi connectivity index (χ0v) is 10.8. The summed E-state index contributed by atoms with van der Waals surface area (Å²) in [6.07, 6.45) is 0. The van der Waals surface area contributed by atoms with Gasteiger partial charge >= 0.3 is 5.97 Å². The van der Waals surface area contributed by atoms with Crippen molar-refractivity contribution in [2.24, 2.45) is 5.92 Å². The SMILES string of the molecule is CCOC(=O)C(C(C)=O)C(=O)NOC(C)(C)C. The molecule has 0 saturated heterocycles. The number of amides is 1. The van der Waals surface area contributed by atoms with E-state index in [-0.39, 0.29) is 6.61 Å². The summed E-state index contributed by atoms with van der Waals surface area (Å²) in [4.78, 5) is 39.2. The second-order valence-corrected chi connectivity index (χ2v) is 4.48. The van der Waals surface area contributed by atoms with Crippen LogP contribution in [0.25, 0.3) is 0 Å². The van der Waals surface area contributed by atoms with E-state index in [1.807, 2.05) is 0 Å². The van der Waals surface area contributed by atoms with E-state index in [9.17, 15) is 14.4 Å². The van der Waals surface area contributed by atoms with Gasteiger partial charge in [-0.25, -0.2) is 5.48 Å². The summed E-state index contributed by atoms with van der Waals surface area (Å²) in [6.45, 7) is 8.02. The third-order valence-corrected chi connectivity index (χ3v) is 1.65. The second kappa shape index (κ2) is 6.34. The molecule has 0 bridgehead atoms. The standard InChI is InChI=1S/C11H19NO5/c1-6-16-10(15)8(7(2)13)9(14)12-17-11(3,4)5/h8H,6H2,1-5H3,(H,12,14). The first-order valence-corrected chi connectivity index (χ1v) is 5.34. The van der Waals surface area contributed by atoms with Gasteiger partial charge in [0, 0.05) is 0 Å².